The first-order valence-corrected chi connectivity index (χ1v) is 7.96. The van der Waals surface area contributed by atoms with E-state index in [1.807, 2.05) is 25.4 Å². The highest BCUT2D eigenvalue weighted by atomic mass is 16.6. The maximum Gasteiger partial charge on any atom is 0.145 e. The fourth-order valence-corrected chi connectivity index (χ4v) is 2.53. The molecule has 0 saturated carbocycles. The smallest absolute Gasteiger partial charge is 0.145 e. The summed E-state index contributed by atoms with van der Waals surface area (Å²) in [6.45, 7) is 4.21. The van der Waals surface area contributed by atoms with Crippen molar-refractivity contribution in [2.75, 3.05) is 40.4 Å². The maximum absolute atomic E-state index is 5.80. The van der Waals surface area contributed by atoms with E-state index in [4.69, 9.17) is 9.47 Å². The highest BCUT2D eigenvalue weighted by molar-refractivity contribution is 5.63. The van der Waals surface area contributed by atoms with Crippen LogP contribution < -0.4 is 10.1 Å². The number of ether oxygens (including phenoxy) is 2. The quantitative estimate of drug-likeness (QED) is 0.773. The molecule has 124 valence electrons. The minimum atomic E-state index is 0.199. The number of hydrogen-bond acceptors (Lipinski definition) is 5. The van der Waals surface area contributed by atoms with E-state index in [1.54, 1.807) is 0 Å². The van der Waals surface area contributed by atoms with Crippen LogP contribution in [0, 0.1) is 0 Å². The van der Waals surface area contributed by atoms with Crippen LogP contribution in [-0.4, -0.2) is 61.6 Å². The fourth-order valence-electron chi connectivity index (χ4n) is 2.53. The molecule has 0 radical (unpaired) electrons. The van der Waals surface area contributed by atoms with Crippen molar-refractivity contribution in [3.8, 4) is 17.0 Å². The molecule has 0 spiro atoms. The fraction of sp³-hybridized carbons (Fsp3) is 0.471. The van der Waals surface area contributed by atoms with E-state index in [2.05, 4.69) is 39.6 Å². The molecule has 2 aromatic rings. The Balaban J connectivity index is 1.65. The molecule has 1 aliphatic rings. The van der Waals surface area contributed by atoms with Gasteiger partial charge in [0.25, 0.3) is 0 Å². The lowest BCUT2D eigenvalue weighted by Gasteiger charge is -2.26. The van der Waals surface area contributed by atoms with Crippen molar-refractivity contribution >= 4 is 0 Å². The van der Waals surface area contributed by atoms with E-state index in [0.29, 0.717) is 13.2 Å². The second-order valence-corrected chi connectivity index (χ2v) is 5.91. The van der Waals surface area contributed by atoms with Crippen LogP contribution in [0.3, 0.4) is 0 Å². The molecule has 2 heterocycles. The molecule has 1 aromatic heterocycles. The van der Waals surface area contributed by atoms with Crippen LogP contribution in [0.2, 0.25) is 0 Å². The molecule has 6 heteroatoms. The third-order valence-corrected chi connectivity index (χ3v) is 3.95. The Labute approximate surface area is 136 Å². The first-order chi connectivity index (χ1) is 11.3. The molecular formula is C17H24N4O2. The maximum atomic E-state index is 5.80. The third-order valence-electron chi connectivity index (χ3n) is 3.95. The van der Waals surface area contributed by atoms with Gasteiger partial charge in [-0.15, -0.1) is 0 Å². The van der Waals surface area contributed by atoms with Crippen molar-refractivity contribution in [1.82, 2.24) is 20.4 Å². The first-order valence-electron chi connectivity index (χ1n) is 7.96. The van der Waals surface area contributed by atoms with Gasteiger partial charge in [0.1, 0.15) is 11.9 Å². The van der Waals surface area contributed by atoms with Crippen LogP contribution in [0.5, 0.6) is 5.75 Å². The van der Waals surface area contributed by atoms with Crippen molar-refractivity contribution in [1.29, 1.82) is 0 Å². The van der Waals surface area contributed by atoms with E-state index in [1.165, 1.54) is 5.56 Å². The summed E-state index contributed by atoms with van der Waals surface area (Å²) < 4.78 is 10.9. The molecule has 0 unspecified atom stereocenters. The van der Waals surface area contributed by atoms with Gasteiger partial charge in [-0.2, -0.15) is 5.10 Å². The Bertz CT molecular complexity index is 607. The number of likely N-dealkylation sites (N-methyl/N-ethyl adjacent to an activating group) is 2. The summed E-state index contributed by atoms with van der Waals surface area (Å²) >= 11 is 0. The lowest BCUT2D eigenvalue weighted by atomic mass is 10.1. The average Bonchev–Trinajstić information content (AvgIpc) is 2.97. The zero-order valence-electron chi connectivity index (χ0n) is 13.7. The summed E-state index contributed by atoms with van der Waals surface area (Å²) in [5, 5.41) is 10.5. The summed E-state index contributed by atoms with van der Waals surface area (Å²) in [5.41, 5.74) is 3.39. The molecule has 0 aliphatic carbocycles. The monoisotopic (exact) mass is 316 g/mol. The summed E-state index contributed by atoms with van der Waals surface area (Å²) in [5.74, 6) is 0.884. The van der Waals surface area contributed by atoms with Crippen molar-refractivity contribution < 1.29 is 9.47 Å². The SMILES string of the molecule is CNCCN(C)Cc1cn[nH]c1-c1ccc(OC2COC2)cc1. The third kappa shape index (κ3) is 4.10. The zero-order chi connectivity index (χ0) is 16.1. The van der Waals surface area contributed by atoms with Crippen molar-refractivity contribution in [3.05, 3.63) is 36.0 Å². The van der Waals surface area contributed by atoms with E-state index in [-0.39, 0.29) is 6.10 Å². The predicted octanol–water partition coefficient (Wildman–Crippen LogP) is 1.51. The van der Waals surface area contributed by atoms with Crippen molar-refractivity contribution in [2.45, 2.75) is 12.6 Å². The number of benzene rings is 1. The minimum absolute atomic E-state index is 0.199. The molecule has 1 aromatic carbocycles. The number of rotatable bonds is 8. The Morgan fingerprint density at radius 2 is 2.13 bits per heavy atom. The van der Waals surface area contributed by atoms with Gasteiger partial charge in [0, 0.05) is 30.8 Å². The minimum Gasteiger partial charge on any atom is -0.486 e. The molecule has 0 bridgehead atoms. The summed E-state index contributed by atoms with van der Waals surface area (Å²) in [4.78, 5) is 2.28. The first kappa shape index (κ1) is 16.0. The standard InChI is InChI=1S/C17H24N4O2/c1-18-7-8-21(2)10-14-9-19-20-17(14)13-3-5-15(6-4-13)23-16-11-22-12-16/h3-6,9,16,18H,7-8,10-12H2,1-2H3,(H,19,20). The number of aromatic amines is 1. The van der Waals surface area contributed by atoms with Gasteiger partial charge in [0.15, 0.2) is 0 Å². The summed E-state index contributed by atoms with van der Waals surface area (Å²) in [7, 11) is 4.09. The van der Waals surface area contributed by atoms with Gasteiger partial charge in [-0.05, 0) is 38.4 Å². The molecule has 23 heavy (non-hydrogen) atoms. The topological polar surface area (TPSA) is 62.4 Å². The molecule has 2 N–H and O–H groups in total. The molecule has 1 saturated heterocycles. The highest BCUT2D eigenvalue weighted by Gasteiger charge is 2.20. The zero-order valence-corrected chi connectivity index (χ0v) is 13.7. The molecule has 3 rings (SSSR count). The average molecular weight is 316 g/mol. The molecule has 6 nitrogen and oxygen atoms in total. The molecule has 0 amide bonds. The van der Waals surface area contributed by atoms with Crippen LogP contribution >= 0.6 is 0 Å². The molecule has 1 fully saturated rings. The highest BCUT2D eigenvalue weighted by Crippen LogP contribution is 2.25. The van der Waals surface area contributed by atoms with Crippen molar-refractivity contribution in [2.24, 2.45) is 0 Å². The van der Waals surface area contributed by atoms with Gasteiger partial charge in [-0.25, -0.2) is 0 Å². The van der Waals surface area contributed by atoms with Gasteiger partial charge in [-0.1, -0.05) is 0 Å². The largest absolute Gasteiger partial charge is 0.486 e. The molecular weight excluding hydrogens is 292 g/mol. The van der Waals surface area contributed by atoms with Crippen LogP contribution in [0.25, 0.3) is 11.3 Å². The predicted molar refractivity (Wildman–Crippen MR) is 89.5 cm³/mol. The Morgan fingerprint density at radius 3 is 2.78 bits per heavy atom. The van der Waals surface area contributed by atoms with Gasteiger partial charge >= 0.3 is 0 Å². The van der Waals surface area contributed by atoms with E-state index < -0.39 is 0 Å². The summed E-state index contributed by atoms with van der Waals surface area (Å²) in [6, 6.07) is 8.14. The normalized spacial score (nSPS) is 14.9. The number of nitrogens with one attached hydrogen (secondary N) is 2. The van der Waals surface area contributed by atoms with Crippen LogP contribution in [-0.2, 0) is 11.3 Å². The number of hydrogen-bond donors (Lipinski definition) is 2. The van der Waals surface area contributed by atoms with E-state index in [9.17, 15) is 0 Å². The van der Waals surface area contributed by atoms with Gasteiger partial charge in [0.05, 0.1) is 25.1 Å². The van der Waals surface area contributed by atoms with Gasteiger partial charge in [-0.3, -0.25) is 5.10 Å². The number of aromatic nitrogens is 2. The Kier molecular flexibility index (Phi) is 5.27. The second-order valence-electron chi connectivity index (χ2n) is 5.91. The van der Waals surface area contributed by atoms with Crippen molar-refractivity contribution in [3.63, 3.8) is 0 Å². The van der Waals surface area contributed by atoms with Gasteiger partial charge < -0.3 is 19.7 Å². The lowest BCUT2D eigenvalue weighted by Crippen LogP contribution is -2.38. The van der Waals surface area contributed by atoms with E-state index >= 15 is 0 Å². The Morgan fingerprint density at radius 1 is 1.35 bits per heavy atom. The lowest BCUT2D eigenvalue weighted by molar-refractivity contribution is -0.0796. The molecule has 0 atom stereocenters. The second kappa shape index (κ2) is 7.59. The number of H-pyrrole nitrogens is 1. The van der Waals surface area contributed by atoms with E-state index in [0.717, 1.165) is 36.6 Å². The van der Waals surface area contributed by atoms with Crippen LogP contribution in [0.15, 0.2) is 30.5 Å². The van der Waals surface area contributed by atoms with Crippen LogP contribution in [0.4, 0.5) is 0 Å². The molecule has 1 aliphatic heterocycles. The Hall–Kier alpha value is -1.89. The summed E-state index contributed by atoms with van der Waals surface area (Å²) in [6.07, 6.45) is 2.10. The number of nitrogens with zero attached hydrogens (tertiary/aromatic N) is 2. The van der Waals surface area contributed by atoms with Crippen LogP contribution in [0.1, 0.15) is 5.56 Å². The van der Waals surface area contributed by atoms with Gasteiger partial charge in [0.2, 0.25) is 0 Å².